The van der Waals surface area contributed by atoms with Crippen molar-refractivity contribution in [1.82, 2.24) is 9.36 Å². The monoisotopic (exact) mass is 324 g/mol. The molecule has 106 valence electrons. The average molecular weight is 325 g/mol. The Bertz CT molecular complexity index is 659. The molecule has 0 aliphatic carbocycles. The maximum Gasteiger partial charge on any atom is 0.573 e. The van der Waals surface area contributed by atoms with E-state index in [1.165, 1.54) is 6.07 Å². The zero-order valence-electron chi connectivity index (χ0n) is 9.31. The van der Waals surface area contributed by atoms with Crippen LogP contribution in [0.3, 0.4) is 0 Å². The normalized spacial score (nSPS) is 11.4. The minimum Gasteiger partial charge on any atom is -0.476 e. The third-order valence-corrected chi connectivity index (χ3v) is 3.02. The van der Waals surface area contributed by atoms with E-state index in [0.717, 1.165) is 12.1 Å². The van der Waals surface area contributed by atoms with E-state index in [9.17, 15) is 18.0 Å². The Kier molecular flexibility index (Phi) is 3.82. The fraction of sp³-hybridized carbons (Fsp3) is 0.100. The van der Waals surface area contributed by atoms with Crippen molar-refractivity contribution in [2.45, 2.75) is 6.36 Å². The number of halogens is 4. The van der Waals surface area contributed by atoms with E-state index in [2.05, 4.69) is 14.1 Å². The van der Waals surface area contributed by atoms with Gasteiger partial charge in [-0.1, -0.05) is 11.6 Å². The van der Waals surface area contributed by atoms with Gasteiger partial charge in [-0.3, -0.25) is 0 Å². The second-order valence-corrected chi connectivity index (χ2v) is 4.58. The lowest BCUT2D eigenvalue weighted by molar-refractivity contribution is -0.274. The molecule has 0 unspecified atom stereocenters. The molecule has 2 rings (SSSR count). The number of aromatic nitrogens is 2. The van der Waals surface area contributed by atoms with Gasteiger partial charge in [-0.15, -0.1) is 13.2 Å². The first-order chi connectivity index (χ1) is 9.26. The Morgan fingerprint density at radius 1 is 1.40 bits per heavy atom. The van der Waals surface area contributed by atoms with Crippen molar-refractivity contribution in [2.24, 2.45) is 0 Å². The van der Waals surface area contributed by atoms with E-state index in [0.29, 0.717) is 11.5 Å². The average Bonchev–Trinajstić information content (AvgIpc) is 2.79. The van der Waals surface area contributed by atoms with Crippen LogP contribution in [0.1, 0.15) is 9.80 Å². The van der Waals surface area contributed by atoms with Gasteiger partial charge in [0.05, 0.1) is 5.02 Å². The largest absolute Gasteiger partial charge is 0.573 e. The summed E-state index contributed by atoms with van der Waals surface area (Å²) < 4.78 is 43.7. The molecule has 0 saturated heterocycles. The second-order valence-electron chi connectivity index (χ2n) is 3.42. The Morgan fingerprint density at radius 3 is 2.60 bits per heavy atom. The lowest BCUT2D eigenvalue weighted by Gasteiger charge is -2.10. The standard InChI is InChI=1S/C10H4ClF3N2O3S/c11-5-3-4(1-2-6(5)19-10(12,13)14)7-15-8(9(17)18)20-16-7/h1-3H,(H,17,18). The maximum atomic E-state index is 12.1. The van der Waals surface area contributed by atoms with E-state index in [-0.39, 0.29) is 21.4 Å². The molecule has 0 aliphatic rings. The topological polar surface area (TPSA) is 72.3 Å². The van der Waals surface area contributed by atoms with E-state index >= 15 is 0 Å². The van der Waals surface area contributed by atoms with Crippen molar-refractivity contribution >= 4 is 29.1 Å². The van der Waals surface area contributed by atoms with Crippen LogP contribution in [0.2, 0.25) is 5.02 Å². The number of carbonyl (C=O) groups is 1. The van der Waals surface area contributed by atoms with Crippen LogP contribution in [0, 0.1) is 0 Å². The summed E-state index contributed by atoms with van der Waals surface area (Å²) in [5, 5.41) is 8.19. The number of hydrogen-bond donors (Lipinski definition) is 1. The number of nitrogens with zero attached hydrogens (tertiary/aromatic N) is 2. The predicted molar refractivity (Wildman–Crippen MR) is 64.0 cm³/mol. The third kappa shape index (κ3) is 3.36. The molecule has 0 fully saturated rings. The predicted octanol–water partition coefficient (Wildman–Crippen LogP) is 3.46. The SMILES string of the molecule is O=C(O)c1nc(-c2ccc(OC(F)(F)F)c(Cl)c2)ns1. The van der Waals surface area contributed by atoms with E-state index < -0.39 is 18.1 Å². The van der Waals surface area contributed by atoms with Gasteiger partial charge in [0.25, 0.3) is 0 Å². The minimum absolute atomic E-state index is 0.0628. The van der Waals surface area contributed by atoms with Crippen molar-refractivity contribution in [3.63, 3.8) is 0 Å². The molecule has 5 nitrogen and oxygen atoms in total. The van der Waals surface area contributed by atoms with Gasteiger partial charge in [-0.2, -0.15) is 4.37 Å². The van der Waals surface area contributed by atoms with Gasteiger partial charge in [-0.05, 0) is 29.7 Å². The highest BCUT2D eigenvalue weighted by Gasteiger charge is 2.32. The Labute approximate surface area is 118 Å². The number of carboxylic acid groups (broad SMARTS) is 1. The molecule has 1 aromatic heterocycles. The third-order valence-electron chi connectivity index (χ3n) is 2.02. The van der Waals surface area contributed by atoms with Crippen molar-refractivity contribution < 1.29 is 27.8 Å². The molecule has 1 heterocycles. The second kappa shape index (κ2) is 5.25. The Morgan fingerprint density at radius 2 is 2.10 bits per heavy atom. The fourth-order valence-electron chi connectivity index (χ4n) is 1.27. The van der Waals surface area contributed by atoms with Gasteiger partial charge in [0.15, 0.2) is 5.82 Å². The number of carboxylic acids is 1. The Balaban J connectivity index is 2.30. The molecule has 0 radical (unpaired) electrons. The van der Waals surface area contributed by atoms with Gasteiger partial charge < -0.3 is 9.84 Å². The minimum atomic E-state index is -4.85. The zero-order chi connectivity index (χ0) is 14.9. The van der Waals surface area contributed by atoms with Crippen molar-refractivity contribution in [2.75, 3.05) is 0 Å². The summed E-state index contributed by atoms with van der Waals surface area (Å²) in [5.74, 6) is -1.73. The van der Waals surface area contributed by atoms with Crippen molar-refractivity contribution in [1.29, 1.82) is 0 Å². The number of aromatic carboxylic acids is 1. The van der Waals surface area contributed by atoms with Crippen LogP contribution >= 0.6 is 23.1 Å². The highest BCUT2D eigenvalue weighted by Crippen LogP contribution is 2.33. The van der Waals surface area contributed by atoms with Gasteiger partial charge in [0.2, 0.25) is 5.01 Å². The summed E-state index contributed by atoms with van der Waals surface area (Å²) in [6.07, 6.45) is -4.85. The molecule has 1 N–H and O–H groups in total. The molecule has 0 atom stereocenters. The molecule has 20 heavy (non-hydrogen) atoms. The molecule has 2 aromatic rings. The molecule has 1 aromatic carbocycles. The van der Waals surface area contributed by atoms with E-state index in [4.69, 9.17) is 16.7 Å². The van der Waals surface area contributed by atoms with Crippen molar-refractivity contribution in [3.05, 3.63) is 28.2 Å². The summed E-state index contributed by atoms with van der Waals surface area (Å²) in [5.41, 5.74) is 0.285. The number of rotatable bonds is 3. The van der Waals surface area contributed by atoms with Crippen LogP contribution in [0.5, 0.6) is 5.75 Å². The smallest absolute Gasteiger partial charge is 0.476 e. The van der Waals surface area contributed by atoms with E-state index in [1.807, 2.05) is 0 Å². The Hall–Kier alpha value is -1.87. The van der Waals surface area contributed by atoms with Crippen LogP contribution in [-0.4, -0.2) is 26.8 Å². The van der Waals surface area contributed by atoms with Crippen LogP contribution in [0.15, 0.2) is 18.2 Å². The first kappa shape index (κ1) is 14.5. The molecule has 0 aliphatic heterocycles. The first-order valence-corrected chi connectivity index (χ1v) is 6.04. The number of hydrogen-bond acceptors (Lipinski definition) is 5. The fourth-order valence-corrected chi connectivity index (χ4v) is 2.02. The number of benzene rings is 1. The summed E-state index contributed by atoms with van der Waals surface area (Å²) >= 11 is 6.32. The summed E-state index contributed by atoms with van der Waals surface area (Å²) in [6, 6.07) is 3.42. The molecule has 10 heteroatoms. The van der Waals surface area contributed by atoms with Crippen LogP contribution in [0.25, 0.3) is 11.4 Å². The van der Waals surface area contributed by atoms with Crippen molar-refractivity contribution in [3.8, 4) is 17.1 Å². The highest BCUT2D eigenvalue weighted by molar-refractivity contribution is 7.07. The summed E-state index contributed by atoms with van der Waals surface area (Å²) in [4.78, 5) is 14.4. The zero-order valence-corrected chi connectivity index (χ0v) is 10.9. The van der Waals surface area contributed by atoms with Gasteiger partial charge >= 0.3 is 12.3 Å². The van der Waals surface area contributed by atoms with E-state index in [1.54, 1.807) is 0 Å². The summed E-state index contributed by atoms with van der Waals surface area (Å²) in [6.45, 7) is 0. The first-order valence-electron chi connectivity index (χ1n) is 4.89. The molecule has 0 bridgehead atoms. The molecule has 0 spiro atoms. The summed E-state index contributed by atoms with van der Waals surface area (Å²) in [7, 11) is 0. The molecular weight excluding hydrogens is 321 g/mol. The van der Waals surface area contributed by atoms with Gasteiger partial charge in [0, 0.05) is 5.56 Å². The lowest BCUT2D eigenvalue weighted by Crippen LogP contribution is -2.17. The molecule has 0 amide bonds. The number of alkyl halides is 3. The lowest BCUT2D eigenvalue weighted by atomic mass is 10.2. The van der Waals surface area contributed by atoms with Gasteiger partial charge in [0.1, 0.15) is 5.75 Å². The highest BCUT2D eigenvalue weighted by atomic mass is 35.5. The quantitative estimate of drug-likeness (QED) is 0.936. The van der Waals surface area contributed by atoms with Crippen LogP contribution in [-0.2, 0) is 0 Å². The van der Waals surface area contributed by atoms with Crippen LogP contribution in [0.4, 0.5) is 13.2 Å². The van der Waals surface area contributed by atoms with Crippen LogP contribution < -0.4 is 4.74 Å². The molecule has 0 saturated carbocycles. The maximum absolute atomic E-state index is 12.1. The number of ether oxygens (including phenoxy) is 1. The van der Waals surface area contributed by atoms with Gasteiger partial charge in [-0.25, -0.2) is 9.78 Å². The molecular formula is C10H4ClF3N2O3S.